The van der Waals surface area contributed by atoms with Crippen molar-refractivity contribution in [3.8, 4) is 0 Å². The van der Waals surface area contributed by atoms with Gasteiger partial charge in [-0.25, -0.2) is 4.79 Å². The summed E-state index contributed by atoms with van der Waals surface area (Å²) in [5.74, 6) is 0. The monoisotopic (exact) mass is 275 g/mol. The van der Waals surface area contributed by atoms with Gasteiger partial charge in [-0.15, -0.1) is 0 Å². The minimum Gasteiger partial charge on any atom is -0.336 e. The summed E-state index contributed by atoms with van der Waals surface area (Å²) in [5, 5.41) is 4.87. The van der Waals surface area contributed by atoms with Gasteiger partial charge in [-0.3, -0.25) is 0 Å². The molecule has 0 unspecified atom stereocenters. The Morgan fingerprint density at radius 1 is 1.37 bits per heavy atom. The SMILES string of the molecule is CC(C)NC(=O)Nc1ccc(CN)c(C(F)(F)F)c1. The van der Waals surface area contributed by atoms with Crippen molar-refractivity contribution >= 4 is 11.7 Å². The highest BCUT2D eigenvalue weighted by Gasteiger charge is 2.33. The molecule has 0 aliphatic carbocycles. The lowest BCUT2D eigenvalue weighted by atomic mass is 10.1. The Morgan fingerprint density at radius 3 is 2.47 bits per heavy atom. The zero-order valence-corrected chi connectivity index (χ0v) is 10.6. The first-order valence-corrected chi connectivity index (χ1v) is 5.71. The van der Waals surface area contributed by atoms with Crippen molar-refractivity contribution in [1.82, 2.24) is 5.32 Å². The van der Waals surface area contributed by atoms with Crippen molar-refractivity contribution in [2.75, 3.05) is 5.32 Å². The molecular weight excluding hydrogens is 259 g/mol. The summed E-state index contributed by atoms with van der Waals surface area (Å²) < 4.78 is 38.3. The molecule has 0 bridgehead atoms. The number of anilines is 1. The van der Waals surface area contributed by atoms with Crippen LogP contribution in [0.1, 0.15) is 25.0 Å². The van der Waals surface area contributed by atoms with Crippen LogP contribution in [0, 0.1) is 0 Å². The van der Waals surface area contributed by atoms with Crippen molar-refractivity contribution in [1.29, 1.82) is 0 Å². The third-order valence-electron chi connectivity index (χ3n) is 2.31. The molecular formula is C12H16F3N3O. The van der Waals surface area contributed by atoms with Crippen LogP contribution in [0.4, 0.5) is 23.7 Å². The molecule has 0 heterocycles. The van der Waals surface area contributed by atoms with E-state index in [4.69, 9.17) is 5.73 Å². The lowest BCUT2D eigenvalue weighted by Gasteiger charge is -2.15. The van der Waals surface area contributed by atoms with Crippen molar-refractivity contribution in [3.63, 3.8) is 0 Å². The summed E-state index contributed by atoms with van der Waals surface area (Å²) in [4.78, 5) is 11.4. The molecule has 0 radical (unpaired) electrons. The van der Waals surface area contributed by atoms with Crippen molar-refractivity contribution in [2.45, 2.75) is 32.6 Å². The van der Waals surface area contributed by atoms with Crippen LogP contribution < -0.4 is 16.4 Å². The summed E-state index contributed by atoms with van der Waals surface area (Å²) in [6.07, 6.45) is -4.50. The second-order valence-corrected chi connectivity index (χ2v) is 4.33. The first kappa shape index (κ1) is 15.3. The lowest BCUT2D eigenvalue weighted by molar-refractivity contribution is -0.138. The Bertz CT molecular complexity index is 458. The summed E-state index contributed by atoms with van der Waals surface area (Å²) in [7, 11) is 0. The van der Waals surface area contributed by atoms with Crippen molar-refractivity contribution in [2.24, 2.45) is 5.73 Å². The molecule has 1 aromatic carbocycles. The number of hydrogen-bond acceptors (Lipinski definition) is 2. The molecule has 0 fully saturated rings. The highest BCUT2D eigenvalue weighted by Crippen LogP contribution is 2.33. The number of rotatable bonds is 3. The second kappa shape index (κ2) is 5.92. The molecule has 0 aromatic heterocycles. The first-order valence-electron chi connectivity index (χ1n) is 5.71. The minimum atomic E-state index is -4.50. The number of alkyl halides is 3. The molecule has 19 heavy (non-hydrogen) atoms. The number of amides is 2. The highest BCUT2D eigenvalue weighted by atomic mass is 19.4. The van der Waals surface area contributed by atoms with Crippen LogP contribution in [-0.2, 0) is 12.7 Å². The predicted molar refractivity (Wildman–Crippen MR) is 66.6 cm³/mol. The Hall–Kier alpha value is -1.76. The largest absolute Gasteiger partial charge is 0.416 e. The molecule has 4 N–H and O–H groups in total. The van der Waals surface area contributed by atoms with Crippen molar-refractivity contribution in [3.05, 3.63) is 29.3 Å². The Labute approximate surface area is 109 Å². The molecule has 2 amide bonds. The summed E-state index contributed by atoms with van der Waals surface area (Å²) >= 11 is 0. The van der Waals surface area contributed by atoms with Gasteiger partial charge in [-0.1, -0.05) is 6.07 Å². The van der Waals surface area contributed by atoms with E-state index in [1.165, 1.54) is 12.1 Å². The molecule has 7 heteroatoms. The standard InChI is InChI=1S/C12H16F3N3O/c1-7(2)17-11(19)18-9-4-3-8(6-16)10(5-9)12(13,14)15/h3-5,7H,6,16H2,1-2H3,(H2,17,18,19). The number of hydrogen-bond donors (Lipinski definition) is 3. The Morgan fingerprint density at radius 2 is 2.00 bits per heavy atom. The van der Waals surface area contributed by atoms with Gasteiger partial charge in [0.15, 0.2) is 0 Å². The summed E-state index contributed by atoms with van der Waals surface area (Å²) in [6.45, 7) is 3.28. The average molecular weight is 275 g/mol. The van der Waals surface area contributed by atoms with Gasteiger partial charge in [0, 0.05) is 18.3 Å². The maximum absolute atomic E-state index is 12.8. The van der Waals surface area contributed by atoms with E-state index in [-0.39, 0.29) is 23.8 Å². The topological polar surface area (TPSA) is 67.2 Å². The minimum absolute atomic E-state index is 0.0117. The number of carbonyl (C=O) groups is 1. The number of nitrogens with one attached hydrogen (secondary N) is 2. The summed E-state index contributed by atoms with van der Waals surface area (Å²) in [5.41, 5.74) is 4.49. The van der Waals surface area contributed by atoms with E-state index in [0.717, 1.165) is 6.07 Å². The number of benzene rings is 1. The van der Waals surface area contributed by atoms with Crippen LogP contribution in [0.2, 0.25) is 0 Å². The highest BCUT2D eigenvalue weighted by molar-refractivity contribution is 5.89. The molecule has 0 saturated carbocycles. The number of urea groups is 1. The smallest absolute Gasteiger partial charge is 0.336 e. The molecule has 0 saturated heterocycles. The van der Waals surface area contributed by atoms with E-state index in [9.17, 15) is 18.0 Å². The fourth-order valence-corrected chi connectivity index (χ4v) is 1.53. The maximum Gasteiger partial charge on any atom is 0.416 e. The Balaban J connectivity index is 2.96. The van der Waals surface area contributed by atoms with Crippen LogP contribution in [0.25, 0.3) is 0 Å². The molecule has 0 aliphatic heterocycles. The molecule has 106 valence electrons. The normalized spacial score (nSPS) is 11.5. The van der Waals surface area contributed by atoms with Crippen LogP contribution in [-0.4, -0.2) is 12.1 Å². The van der Waals surface area contributed by atoms with E-state index < -0.39 is 17.8 Å². The maximum atomic E-state index is 12.8. The molecule has 1 rings (SSSR count). The van der Waals surface area contributed by atoms with Crippen LogP contribution in [0.5, 0.6) is 0 Å². The van der Waals surface area contributed by atoms with E-state index in [2.05, 4.69) is 10.6 Å². The van der Waals surface area contributed by atoms with Gasteiger partial charge < -0.3 is 16.4 Å². The molecule has 0 spiro atoms. The Kier molecular flexibility index (Phi) is 4.77. The van der Waals surface area contributed by atoms with Gasteiger partial charge in [0.1, 0.15) is 0 Å². The molecule has 0 atom stereocenters. The van der Waals surface area contributed by atoms with Crippen LogP contribution >= 0.6 is 0 Å². The molecule has 1 aromatic rings. The average Bonchev–Trinajstić information content (AvgIpc) is 2.26. The number of carbonyl (C=O) groups excluding carboxylic acids is 1. The van der Waals surface area contributed by atoms with Gasteiger partial charge >= 0.3 is 12.2 Å². The fraction of sp³-hybridized carbons (Fsp3) is 0.417. The number of nitrogens with two attached hydrogens (primary N) is 1. The fourth-order valence-electron chi connectivity index (χ4n) is 1.53. The predicted octanol–water partition coefficient (Wildman–Crippen LogP) is 2.69. The number of halogens is 3. The van der Waals surface area contributed by atoms with Crippen LogP contribution in [0.15, 0.2) is 18.2 Å². The van der Waals surface area contributed by atoms with E-state index >= 15 is 0 Å². The third-order valence-corrected chi connectivity index (χ3v) is 2.31. The quantitative estimate of drug-likeness (QED) is 0.794. The second-order valence-electron chi connectivity index (χ2n) is 4.33. The van der Waals surface area contributed by atoms with E-state index in [1.54, 1.807) is 13.8 Å². The van der Waals surface area contributed by atoms with Gasteiger partial charge in [0.25, 0.3) is 0 Å². The zero-order valence-electron chi connectivity index (χ0n) is 10.6. The summed E-state index contributed by atoms with van der Waals surface area (Å²) in [6, 6.07) is 2.86. The van der Waals surface area contributed by atoms with Gasteiger partial charge in [0.05, 0.1) is 5.56 Å². The van der Waals surface area contributed by atoms with E-state index in [1.807, 2.05) is 0 Å². The third kappa shape index (κ3) is 4.44. The van der Waals surface area contributed by atoms with Gasteiger partial charge in [0.2, 0.25) is 0 Å². The van der Waals surface area contributed by atoms with E-state index in [0.29, 0.717) is 0 Å². The van der Waals surface area contributed by atoms with Crippen molar-refractivity contribution < 1.29 is 18.0 Å². The zero-order chi connectivity index (χ0) is 14.6. The molecule has 0 aliphatic rings. The van der Waals surface area contributed by atoms with Gasteiger partial charge in [-0.2, -0.15) is 13.2 Å². The first-order chi connectivity index (χ1) is 8.74. The van der Waals surface area contributed by atoms with Crippen LogP contribution in [0.3, 0.4) is 0 Å². The lowest BCUT2D eigenvalue weighted by Crippen LogP contribution is -2.34. The van der Waals surface area contributed by atoms with Gasteiger partial charge in [-0.05, 0) is 31.5 Å². The molecule has 4 nitrogen and oxygen atoms in total.